The van der Waals surface area contributed by atoms with Crippen LogP contribution in [-0.4, -0.2) is 63.7 Å². The minimum Gasteiger partial charge on any atom is -0.376 e. The summed E-state index contributed by atoms with van der Waals surface area (Å²) in [4.78, 5) is 17.0. The average Bonchev–Trinajstić information content (AvgIpc) is 3.47. The number of nitrogens with zero attached hydrogens (tertiary/aromatic N) is 5. The topological polar surface area (TPSA) is 63.5 Å². The molecule has 0 radical (unpaired) electrons. The molecule has 2 saturated heterocycles. The first kappa shape index (κ1) is 24.0. The summed E-state index contributed by atoms with van der Waals surface area (Å²) in [5, 5.41) is 9.75. The number of rotatable bonds is 9. The summed E-state index contributed by atoms with van der Waals surface area (Å²) in [5.74, 6) is 1.61. The molecule has 180 valence electrons. The van der Waals surface area contributed by atoms with Gasteiger partial charge in [0.05, 0.1) is 18.4 Å². The van der Waals surface area contributed by atoms with Crippen LogP contribution in [0.5, 0.6) is 0 Å². The maximum Gasteiger partial charge on any atom is 0.233 e. The first-order chi connectivity index (χ1) is 16.0. The fourth-order valence-corrected chi connectivity index (χ4v) is 5.28. The highest BCUT2D eigenvalue weighted by molar-refractivity contribution is 7.99. The molecule has 1 amide bonds. The van der Waals surface area contributed by atoms with Crippen molar-refractivity contribution in [2.45, 2.75) is 63.9 Å². The van der Waals surface area contributed by atoms with Crippen molar-refractivity contribution in [3.8, 4) is 0 Å². The van der Waals surface area contributed by atoms with Crippen LogP contribution in [0.1, 0.15) is 45.1 Å². The summed E-state index contributed by atoms with van der Waals surface area (Å²) in [6.45, 7) is 8.67. The Morgan fingerprint density at radius 2 is 2.09 bits per heavy atom. The van der Waals surface area contributed by atoms with Gasteiger partial charge in [0.1, 0.15) is 5.82 Å². The molecule has 0 N–H and O–H groups in total. The van der Waals surface area contributed by atoms with Gasteiger partial charge in [0, 0.05) is 32.8 Å². The Bertz CT molecular complexity index is 925. The lowest BCUT2D eigenvalue weighted by Crippen LogP contribution is -2.35. The van der Waals surface area contributed by atoms with Crippen LogP contribution in [0.3, 0.4) is 0 Å². The van der Waals surface area contributed by atoms with Gasteiger partial charge in [-0.3, -0.25) is 9.36 Å². The van der Waals surface area contributed by atoms with Crippen LogP contribution in [0.2, 0.25) is 0 Å². The van der Waals surface area contributed by atoms with E-state index in [2.05, 4.69) is 26.6 Å². The number of carbonyl (C=O) groups excluding carboxylic acids is 1. The van der Waals surface area contributed by atoms with E-state index in [1.165, 1.54) is 23.9 Å². The number of hydrogen-bond donors (Lipinski definition) is 0. The Morgan fingerprint density at radius 3 is 2.79 bits per heavy atom. The van der Waals surface area contributed by atoms with Crippen molar-refractivity contribution in [1.82, 2.24) is 19.7 Å². The van der Waals surface area contributed by atoms with Crippen molar-refractivity contribution < 1.29 is 13.9 Å². The molecule has 0 aliphatic carbocycles. The van der Waals surface area contributed by atoms with Crippen molar-refractivity contribution >= 4 is 23.6 Å². The molecule has 0 bridgehead atoms. The largest absolute Gasteiger partial charge is 0.376 e. The summed E-state index contributed by atoms with van der Waals surface area (Å²) in [7, 11) is 0. The second-order valence-electron chi connectivity index (χ2n) is 9.02. The molecule has 2 aliphatic rings. The number of benzene rings is 1. The molecular formula is C24H34FN5O2S. The van der Waals surface area contributed by atoms with Gasteiger partial charge >= 0.3 is 0 Å². The lowest BCUT2D eigenvalue weighted by atomic mass is 10.00. The zero-order valence-corrected chi connectivity index (χ0v) is 20.4. The quantitative estimate of drug-likeness (QED) is 0.512. The highest BCUT2D eigenvalue weighted by atomic mass is 32.2. The van der Waals surface area contributed by atoms with Crippen LogP contribution >= 0.6 is 11.8 Å². The molecule has 1 aromatic carbocycles. The number of ether oxygens (including phenoxy) is 1. The number of carbonyl (C=O) groups is 1. The maximum absolute atomic E-state index is 13.5. The molecule has 1 atom stereocenters. The summed E-state index contributed by atoms with van der Waals surface area (Å²) in [5.41, 5.74) is 0.790. The molecule has 4 rings (SSSR count). The van der Waals surface area contributed by atoms with Gasteiger partial charge in [0.2, 0.25) is 11.9 Å². The Hall–Kier alpha value is -2.13. The number of amides is 1. The average molecular weight is 476 g/mol. The van der Waals surface area contributed by atoms with Crippen LogP contribution in [0.15, 0.2) is 29.4 Å². The molecule has 7 nitrogen and oxygen atoms in total. The van der Waals surface area contributed by atoms with Crippen molar-refractivity contribution in [3.05, 3.63) is 35.6 Å². The van der Waals surface area contributed by atoms with Gasteiger partial charge in [-0.1, -0.05) is 30.8 Å². The van der Waals surface area contributed by atoms with Gasteiger partial charge in [-0.25, -0.2) is 4.39 Å². The van der Waals surface area contributed by atoms with Crippen LogP contribution < -0.4 is 4.90 Å². The Morgan fingerprint density at radius 1 is 1.27 bits per heavy atom. The molecule has 1 aromatic heterocycles. The van der Waals surface area contributed by atoms with Crippen LogP contribution in [-0.2, 0) is 22.6 Å². The molecule has 2 fully saturated rings. The molecule has 1 unspecified atom stereocenters. The van der Waals surface area contributed by atoms with Gasteiger partial charge in [-0.2, -0.15) is 0 Å². The number of thioether (sulfide) groups is 1. The number of piperidine rings is 1. The van der Waals surface area contributed by atoms with Crippen LogP contribution in [0, 0.1) is 11.7 Å². The standard InChI is InChI=1S/C24H34FN5O2S/c1-3-28(15-19-6-4-7-20(25)14-19)22(31)17-33-24-27-26-23(29-11-9-18(2)10-12-29)30(24)16-21-8-5-13-32-21/h4,6-7,14,18,21H,3,5,8-13,15-17H2,1-2H3. The Balaban J connectivity index is 1.44. The van der Waals surface area contributed by atoms with Gasteiger partial charge in [0.15, 0.2) is 5.16 Å². The highest BCUT2D eigenvalue weighted by Crippen LogP contribution is 2.28. The fourth-order valence-electron chi connectivity index (χ4n) is 4.43. The molecule has 2 aromatic rings. The number of anilines is 1. The van der Waals surface area contributed by atoms with Crippen molar-refractivity contribution in [1.29, 1.82) is 0 Å². The second-order valence-corrected chi connectivity index (χ2v) is 9.97. The summed E-state index contributed by atoms with van der Waals surface area (Å²) >= 11 is 1.42. The van der Waals surface area contributed by atoms with E-state index in [0.29, 0.717) is 19.6 Å². The van der Waals surface area contributed by atoms with E-state index in [1.54, 1.807) is 11.0 Å². The van der Waals surface area contributed by atoms with Gasteiger partial charge in [-0.05, 0) is 56.2 Å². The van der Waals surface area contributed by atoms with Gasteiger partial charge in [-0.15, -0.1) is 10.2 Å². The Labute approximate surface area is 199 Å². The number of hydrogen-bond acceptors (Lipinski definition) is 6. The zero-order chi connectivity index (χ0) is 23.2. The molecule has 9 heteroatoms. The number of halogens is 1. The van der Waals surface area contributed by atoms with E-state index >= 15 is 0 Å². The van der Waals surface area contributed by atoms with Crippen LogP contribution in [0.4, 0.5) is 10.3 Å². The number of aromatic nitrogens is 3. The third kappa shape index (κ3) is 6.26. The van der Waals surface area contributed by atoms with E-state index < -0.39 is 0 Å². The molecule has 3 heterocycles. The predicted octanol–water partition coefficient (Wildman–Crippen LogP) is 3.97. The molecule has 0 spiro atoms. The molecule has 0 saturated carbocycles. The van der Waals surface area contributed by atoms with E-state index in [0.717, 1.165) is 68.0 Å². The van der Waals surface area contributed by atoms with Crippen LogP contribution in [0.25, 0.3) is 0 Å². The smallest absolute Gasteiger partial charge is 0.233 e. The van der Waals surface area contributed by atoms with E-state index in [-0.39, 0.29) is 23.6 Å². The monoisotopic (exact) mass is 475 g/mol. The fraction of sp³-hybridized carbons (Fsp3) is 0.625. The lowest BCUT2D eigenvalue weighted by molar-refractivity contribution is -0.128. The normalized spacial score (nSPS) is 19.2. The van der Waals surface area contributed by atoms with E-state index in [4.69, 9.17) is 4.74 Å². The lowest BCUT2D eigenvalue weighted by Gasteiger charge is -2.31. The third-order valence-corrected chi connectivity index (χ3v) is 7.45. The highest BCUT2D eigenvalue weighted by Gasteiger charge is 2.26. The first-order valence-corrected chi connectivity index (χ1v) is 13.0. The van der Waals surface area contributed by atoms with Crippen molar-refractivity contribution in [2.75, 3.05) is 36.9 Å². The first-order valence-electron chi connectivity index (χ1n) is 12.0. The Kier molecular flexibility index (Phi) is 8.25. The second kappa shape index (κ2) is 11.3. The van der Waals surface area contributed by atoms with E-state index in [1.807, 2.05) is 13.0 Å². The molecular weight excluding hydrogens is 441 g/mol. The predicted molar refractivity (Wildman–Crippen MR) is 128 cm³/mol. The SMILES string of the molecule is CCN(Cc1cccc(F)c1)C(=O)CSc1nnc(N2CCC(C)CC2)n1CC1CCCO1. The zero-order valence-electron chi connectivity index (χ0n) is 19.6. The van der Waals surface area contributed by atoms with E-state index in [9.17, 15) is 9.18 Å². The minimum atomic E-state index is -0.285. The van der Waals surface area contributed by atoms with Crippen molar-refractivity contribution in [3.63, 3.8) is 0 Å². The summed E-state index contributed by atoms with van der Waals surface area (Å²) < 4.78 is 21.6. The van der Waals surface area contributed by atoms with Gasteiger partial charge in [0.25, 0.3) is 0 Å². The molecule has 2 aliphatic heterocycles. The van der Waals surface area contributed by atoms with Gasteiger partial charge < -0.3 is 14.5 Å². The third-order valence-electron chi connectivity index (χ3n) is 6.50. The minimum absolute atomic E-state index is 0.00627. The molecule has 33 heavy (non-hydrogen) atoms. The maximum atomic E-state index is 13.5. The van der Waals surface area contributed by atoms with Crippen molar-refractivity contribution in [2.24, 2.45) is 5.92 Å². The summed E-state index contributed by atoms with van der Waals surface area (Å²) in [6, 6.07) is 6.41. The summed E-state index contributed by atoms with van der Waals surface area (Å²) in [6.07, 6.45) is 4.59.